The van der Waals surface area contributed by atoms with Gasteiger partial charge in [0.15, 0.2) is 0 Å². The van der Waals surface area contributed by atoms with Crippen molar-refractivity contribution in [3.63, 3.8) is 0 Å². The van der Waals surface area contributed by atoms with E-state index in [2.05, 4.69) is 17.2 Å². The summed E-state index contributed by atoms with van der Waals surface area (Å²) < 4.78 is 0. The molecule has 1 amide bonds. The molecule has 0 aliphatic heterocycles. The number of aliphatic hydroxyl groups is 1. The van der Waals surface area contributed by atoms with Crippen LogP contribution in [0.1, 0.15) is 23.2 Å². The van der Waals surface area contributed by atoms with Gasteiger partial charge >= 0.3 is 0 Å². The fourth-order valence-corrected chi connectivity index (χ4v) is 2.45. The first kappa shape index (κ1) is 13.7. The van der Waals surface area contributed by atoms with Crippen molar-refractivity contribution >= 4 is 22.9 Å². The van der Waals surface area contributed by atoms with E-state index in [0.29, 0.717) is 10.7 Å². The van der Waals surface area contributed by atoms with Gasteiger partial charge in [0.1, 0.15) is 5.01 Å². The Morgan fingerprint density at radius 3 is 2.68 bits per heavy atom. The summed E-state index contributed by atoms with van der Waals surface area (Å²) in [6, 6.07) is 7.81. The average molecular weight is 276 g/mol. The van der Waals surface area contributed by atoms with Crippen molar-refractivity contribution in [1.82, 2.24) is 4.98 Å². The number of benzene rings is 1. The van der Waals surface area contributed by atoms with Crippen LogP contribution in [0.5, 0.6) is 0 Å². The number of aryl methyl sites for hydroxylation is 1. The van der Waals surface area contributed by atoms with Gasteiger partial charge in [-0.15, -0.1) is 11.3 Å². The highest BCUT2D eigenvalue weighted by Crippen LogP contribution is 2.13. The Morgan fingerprint density at radius 1 is 1.37 bits per heavy atom. The van der Waals surface area contributed by atoms with Gasteiger partial charge in [-0.05, 0) is 24.1 Å². The topological polar surface area (TPSA) is 62.2 Å². The number of thiazole rings is 1. The summed E-state index contributed by atoms with van der Waals surface area (Å²) in [6.45, 7) is 2.01. The number of carbonyl (C=O) groups excluding carboxylic acids is 1. The first-order valence-electron chi connectivity index (χ1n) is 6.14. The second-order valence-electron chi connectivity index (χ2n) is 4.17. The van der Waals surface area contributed by atoms with Crippen LogP contribution in [0.4, 0.5) is 5.69 Å². The minimum atomic E-state index is -0.0944. The molecule has 2 N–H and O–H groups in total. The molecule has 5 heteroatoms. The Balaban J connectivity index is 1.93. The fourth-order valence-electron chi connectivity index (χ4n) is 1.67. The third-order valence-electron chi connectivity index (χ3n) is 2.72. The molecule has 0 radical (unpaired) electrons. The molecule has 0 saturated carbocycles. The van der Waals surface area contributed by atoms with Crippen molar-refractivity contribution in [2.75, 3.05) is 5.32 Å². The summed E-state index contributed by atoms with van der Waals surface area (Å²) >= 11 is 1.39. The molecule has 0 aliphatic rings. The molecule has 100 valence electrons. The van der Waals surface area contributed by atoms with E-state index in [9.17, 15) is 4.79 Å². The molecule has 1 aromatic heterocycles. The number of amides is 1. The predicted molar refractivity (Wildman–Crippen MR) is 76.2 cm³/mol. The first-order chi connectivity index (χ1) is 9.21. The zero-order valence-corrected chi connectivity index (χ0v) is 11.5. The van der Waals surface area contributed by atoms with E-state index in [1.165, 1.54) is 16.9 Å². The van der Waals surface area contributed by atoms with E-state index in [4.69, 9.17) is 5.11 Å². The first-order valence-corrected chi connectivity index (χ1v) is 7.02. The van der Waals surface area contributed by atoms with E-state index >= 15 is 0 Å². The standard InChI is InChI=1S/C14H16N2O2S/c1-2-10-3-5-11(6-4-10)15-13(18)7-14-16-12(8-17)9-19-14/h3-6,9,17H,2,7-8H2,1H3,(H,15,18). The lowest BCUT2D eigenvalue weighted by molar-refractivity contribution is -0.115. The molecule has 0 fully saturated rings. The Kier molecular flexibility index (Phi) is 4.65. The molecule has 0 spiro atoms. The lowest BCUT2D eigenvalue weighted by Crippen LogP contribution is -2.14. The molecule has 19 heavy (non-hydrogen) atoms. The number of aliphatic hydroxyl groups excluding tert-OH is 1. The lowest BCUT2D eigenvalue weighted by Gasteiger charge is -2.04. The van der Waals surface area contributed by atoms with Crippen LogP contribution in [0.15, 0.2) is 29.6 Å². The van der Waals surface area contributed by atoms with Crippen LogP contribution in [-0.2, 0) is 24.2 Å². The van der Waals surface area contributed by atoms with Crippen molar-refractivity contribution < 1.29 is 9.90 Å². The summed E-state index contributed by atoms with van der Waals surface area (Å²) in [5.41, 5.74) is 2.65. The SMILES string of the molecule is CCc1ccc(NC(=O)Cc2nc(CO)cs2)cc1. The van der Waals surface area contributed by atoms with Crippen LogP contribution in [0, 0.1) is 0 Å². The summed E-state index contributed by atoms with van der Waals surface area (Å²) in [5.74, 6) is -0.0944. The van der Waals surface area contributed by atoms with Crippen LogP contribution in [-0.4, -0.2) is 16.0 Å². The fraction of sp³-hybridized carbons (Fsp3) is 0.286. The summed E-state index contributed by atoms with van der Waals surface area (Å²) in [6.07, 6.45) is 1.22. The second kappa shape index (κ2) is 6.45. The molecule has 2 aromatic rings. The third-order valence-corrected chi connectivity index (χ3v) is 3.62. The van der Waals surface area contributed by atoms with Gasteiger partial charge in [-0.1, -0.05) is 19.1 Å². The lowest BCUT2D eigenvalue weighted by atomic mass is 10.1. The maximum absolute atomic E-state index is 11.8. The van der Waals surface area contributed by atoms with Crippen molar-refractivity contribution in [2.24, 2.45) is 0 Å². The minimum Gasteiger partial charge on any atom is -0.390 e. The summed E-state index contributed by atoms with van der Waals surface area (Å²) in [7, 11) is 0. The Bertz CT molecular complexity index is 549. The number of nitrogens with one attached hydrogen (secondary N) is 1. The molecule has 2 rings (SSSR count). The van der Waals surface area contributed by atoms with Gasteiger partial charge in [0.25, 0.3) is 0 Å². The predicted octanol–water partition coefficient (Wildman–Crippen LogP) is 2.38. The van der Waals surface area contributed by atoms with Gasteiger partial charge in [-0.25, -0.2) is 4.98 Å². The average Bonchev–Trinajstić information content (AvgIpc) is 2.87. The van der Waals surface area contributed by atoms with Gasteiger partial charge in [-0.3, -0.25) is 4.79 Å². The molecule has 4 nitrogen and oxygen atoms in total. The normalized spacial score (nSPS) is 10.4. The second-order valence-corrected chi connectivity index (χ2v) is 5.11. The van der Waals surface area contributed by atoms with E-state index in [-0.39, 0.29) is 18.9 Å². The van der Waals surface area contributed by atoms with Crippen molar-refractivity contribution in [3.05, 3.63) is 45.9 Å². The summed E-state index contributed by atoms with van der Waals surface area (Å²) in [5, 5.41) is 14.2. The highest BCUT2D eigenvalue weighted by Gasteiger charge is 2.08. The quantitative estimate of drug-likeness (QED) is 0.881. The van der Waals surface area contributed by atoms with Gasteiger partial charge < -0.3 is 10.4 Å². The smallest absolute Gasteiger partial charge is 0.231 e. The number of rotatable bonds is 5. The van der Waals surface area contributed by atoms with Crippen LogP contribution in [0.3, 0.4) is 0 Å². The number of aromatic nitrogens is 1. The number of carbonyl (C=O) groups is 1. The monoisotopic (exact) mass is 276 g/mol. The van der Waals surface area contributed by atoms with Gasteiger partial charge in [0.2, 0.25) is 5.91 Å². The van der Waals surface area contributed by atoms with E-state index in [0.717, 1.165) is 12.1 Å². The van der Waals surface area contributed by atoms with E-state index < -0.39 is 0 Å². The molecular formula is C14H16N2O2S. The molecule has 0 saturated heterocycles. The van der Waals surface area contributed by atoms with Crippen molar-refractivity contribution in [2.45, 2.75) is 26.4 Å². The molecule has 1 heterocycles. The van der Waals surface area contributed by atoms with Crippen LogP contribution < -0.4 is 5.32 Å². The molecule has 0 aliphatic carbocycles. The highest BCUT2D eigenvalue weighted by atomic mass is 32.1. The minimum absolute atomic E-state index is 0.0867. The number of anilines is 1. The largest absolute Gasteiger partial charge is 0.390 e. The maximum atomic E-state index is 11.8. The summed E-state index contributed by atoms with van der Waals surface area (Å²) in [4.78, 5) is 16.0. The Labute approximate surface area is 116 Å². The van der Waals surface area contributed by atoms with Gasteiger partial charge in [-0.2, -0.15) is 0 Å². The third kappa shape index (κ3) is 3.87. The van der Waals surface area contributed by atoms with Crippen LogP contribution in [0.25, 0.3) is 0 Å². The van der Waals surface area contributed by atoms with Crippen LogP contribution >= 0.6 is 11.3 Å². The molecule has 0 unspecified atom stereocenters. The molecule has 0 atom stereocenters. The zero-order chi connectivity index (χ0) is 13.7. The highest BCUT2D eigenvalue weighted by molar-refractivity contribution is 7.09. The van der Waals surface area contributed by atoms with Gasteiger partial charge in [0.05, 0.1) is 18.7 Å². The number of nitrogens with zero attached hydrogens (tertiary/aromatic N) is 1. The number of hydrogen-bond donors (Lipinski definition) is 2. The molecular weight excluding hydrogens is 260 g/mol. The Hall–Kier alpha value is -1.72. The van der Waals surface area contributed by atoms with Crippen LogP contribution in [0.2, 0.25) is 0 Å². The van der Waals surface area contributed by atoms with E-state index in [1.807, 2.05) is 24.3 Å². The maximum Gasteiger partial charge on any atom is 0.231 e. The van der Waals surface area contributed by atoms with Crippen molar-refractivity contribution in [1.29, 1.82) is 0 Å². The Morgan fingerprint density at radius 2 is 2.11 bits per heavy atom. The van der Waals surface area contributed by atoms with E-state index in [1.54, 1.807) is 5.38 Å². The van der Waals surface area contributed by atoms with Gasteiger partial charge in [0, 0.05) is 11.1 Å². The van der Waals surface area contributed by atoms with Crippen molar-refractivity contribution in [3.8, 4) is 0 Å². The molecule has 0 bridgehead atoms. The zero-order valence-electron chi connectivity index (χ0n) is 10.7. The number of hydrogen-bond acceptors (Lipinski definition) is 4. The molecule has 1 aromatic carbocycles.